The van der Waals surface area contributed by atoms with Crippen LogP contribution < -0.4 is 4.90 Å². The van der Waals surface area contributed by atoms with E-state index in [-0.39, 0.29) is 0 Å². The second-order valence-corrected chi connectivity index (χ2v) is 9.08. The van der Waals surface area contributed by atoms with Gasteiger partial charge in [-0.2, -0.15) is 0 Å². The van der Waals surface area contributed by atoms with Gasteiger partial charge in [0.15, 0.2) is 5.65 Å². The highest BCUT2D eigenvalue weighted by Crippen LogP contribution is 2.37. The molecule has 0 amide bonds. The molecular formula is C23H26BrN5. The number of hydrogen-bond acceptors (Lipinski definition) is 3. The van der Waals surface area contributed by atoms with Crippen LogP contribution in [0.3, 0.4) is 0 Å². The van der Waals surface area contributed by atoms with Gasteiger partial charge in [0.2, 0.25) is 6.54 Å². The zero-order valence-electron chi connectivity index (χ0n) is 17.7. The summed E-state index contributed by atoms with van der Waals surface area (Å²) in [6.07, 6.45) is 1.05. The summed E-state index contributed by atoms with van der Waals surface area (Å²) in [4.78, 5) is 15.7. The molecule has 0 aliphatic carbocycles. The molecule has 0 N–H and O–H groups in total. The lowest BCUT2D eigenvalue weighted by atomic mass is 10.1. The Hall–Kier alpha value is -2.39. The first-order chi connectivity index (χ1) is 13.8. The van der Waals surface area contributed by atoms with Crippen molar-refractivity contribution in [2.75, 3.05) is 24.5 Å². The summed E-state index contributed by atoms with van der Waals surface area (Å²) in [5.74, 6) is 2.23. The van der Waals surface area contributed by atoms with Gasteiger partial charge in [-0.05, 0) is 69.9 Å². The summed E-state index contributed by atoms with van der Waals surface area (Å²) < 4.78 is 3.39. The Labute approximate surface area is 180 Å². The fraction of sp³-hybridized carbons (Fsp3) is 0.435. The first-order valence-corrected chi connectivity index (χ1v) is 10.8. The summed E-state index contributed by atoms with van der Waals surface area (Å²) >= 11 is 3.62. The maximum atomic E-state index is 7.19. The molecule has 29 heavy (non-hydrogen) atoms. The fourth-order valence-corrected chi connectivity index (χ4v) is 5.30. The molecule has 5 nitrogen and oxygen atoms in total. The molecule has 1 atom stereocenters. The van der Waals surface area contributed by atoms with Gasteiger partial charge in [0.25, 0.3) is 0 Å². The molecule has 0 spiro atoms. The molecule has 150 valence electrons. The summed E-state index contributed by atoms with van der Waals surface area (Å²) in [5.41, 5.74) is 7.03. The van der Waals surface area contributed by atoms with Crippen LogP contribution in [0.5, 0.6) is 0 Å². The third-order valence-electron chi connectivity index (χ3n) is 6.06. The topological polar surface area (TPSA) is 38.3 Å². The Morgan fingerprint density at radius 3 is 2.48 bits per heavy atom. The number of benzene rings is 1. The van der Waals surface area contributed by atoms with Gasteiger partial charge in [-0.3, -0.25) is 4.57 Å². The van der Waals surface area contributed by atoms with Crippen LogP contribution in [0.25, 0.3) is 21.6 Å². The minimum absolute atomic E-state index is 0.428. The van der Waals surface area contributed by atoms with Crippen molar-refractivity contribution in [3.8, 4) is 5.69 Å². The van der Waals surface area contributed by atoms with Crippen molar-refractivity contribution in [2.45, 2.75) is 41.0 Å². The summed E-state index contributed by atoms with van der Waals surface area (Å²) in [6, 6.07) is 4.32. The molecule has 1 aliphatic rings. The first-order valence-electron chi connectivity index (χ1n) is 10.0. The van der Waals surface area contributed by atoms with E-state index in [1.807, 2.05) is 6.92 Å². The van der Waals surface area contributed by atoms with Crippen LogP contribution in [0.2, 0.25) is 0 Å². The van der Waals surface area contributed by atoms with Crippen LogP contribution in [-0.4, -0.2) is 34.2 Å². The van der Waals surface area contributed by atoms with E-state index >= 15 is 0 Å². The lowest BCUT2D eigenvalue weighted by Crippen LogP contribution is -2.22. The molecule has 4 rings (SSSR count). The highest BCUT2D eigenvalue weighted by Gasteiger charge is 2.29. The van der Waals surface area contributed by atoms with E-state index in [0.29, 0.717) is 12.5 Å². The molecule has 1 unspecified atom stereocenters. The van der Waals surface area contributed by atoms with E-state index in [1.54, 1.807) is 0 Å². The Balaban J connectivity index is 1.96. The van der Waals surface area contributed by atoms with Crippen LogP contribution in [0, 0.1) is 47.1 Å². The summed E-state index contributed by atoms with van der Waals surface area (Å²) in [7, 11) is 0. The van der Waals surface area contributed by atoms with E-state index in [1.165, 1.54) is 28.1 Å². The van der Waals surface area contributed by atoms with Gasteiger partial charge in [0, 0.05) is 23.3 Å². The molecular weight excluding hydrogens is 426 g/mol. The molecule has 6 heteroatoms. The van der Waals surface area contributed by atoms with E-state index in [0.717, 1.165) is 46.7 Å². The van der Waals surface area contributed by atoms with Crippen molar-refractivity contribution >= 4 is 32.8 Å². The monoisotopic (exact) mass is 451 g/mol. The van der Waals surface area contributed by atoms with Gasteiger partial charge >= 0.3 is 0 Å². The Kier molecular flexibility index (Phi) is 5.12. The van der Waals surface area contributed by atoms with Crippen LogP contribution in [0.1, 0.15) is 34.6 Å². The smallest absolute Gasteiger partial charge is 0.219 e. The van der Waals surface area contributed by atoms with Crippen LogP contribution >= 0.6 is 15.9 Å². The third-order valence-corrected chi connectivity index (χ3v) is 6.52. The molecule has 0 bridgehead atoms. The maximum Gasteiger partial charge on any atom is 0.219 e. The van der Waals surface area contributed by atoms with E-state index in [4.69, 9.17) is 16.5 Å². The predicted molar refractivity (Wildman–Crippen MR) is 122 cm³/mol. The predicted octanol–water partition coefficient (Wildman–Crippen LogP) is 5.47. The second-order valence-electron chi connectivity index (χ2n) is 8.17. The van der Waals surface area contributed by atoms with Gasteiger partial charge in [0.05, 0.1) is 17.0 Å². The molecule has 1 aromatic carbocycles. The minimum atomic E-state index is 0.428. The number of hydrogen-bond donors (Lipinski definition) is 0. The van der Waals surface area contributed by atoms with Crippen molar-refractivity contribution in [2.24, 2.45) is 5.92 Å². The largest absolute Gasteiger partial charge is 0.355 e. The van der Waals surface area contributed by atoms with Crippen LogP contribution in [0.15, 0.2) is 16.6 Å². The number of rotatable bonds is 3. The molecule has 1 fully saturated rings. The maximum absolute atomic E-state index is 7.19. The van der Waals surface area contributed by atoms with Crippen molar-refractivity contribution < 1.29 is 0 Å². The van der Waals surface area contributed by atoms with Crippen molar-refractivity contribution in [1.29, 1.82) is 0 Å². The quantitative estimate of drug-likeness (QED) is 0.495. The van der Waals surface area contributed by atoms with Crippen LogP contribution in [0.4, 0.5) is 5.82 Å². The highest BCUT2D eigenvalue weighted by atomic mass is 79.9. The van der Waals surface area contributed by atoms with Crippen molar-refractivity contribution in [3.63, 3.8) is 0 Å². The van der Waals surface area contributed by atoms with Gasteiger partial charge in [-0.25, -0.2) is 16.5 Å². The number of fused-ring (bicyclic) bond motifs is 1. The lowest BCUT2D eigenvalue weighted by molar-refractivity contribution is 0.639. The molecule has 3 heterocycles. The molecule has 0 saturated carbocycles. The van der Waals surface area contributed by atoms with Gasteiger partial charge in [-0.15, -0.1) is 0 Å². The Bertz CT molecular complexity index is 1130. The number of aryl methyl sites for hydroxylation is 4. The summed E-state index contributed by atoms with van der Waals surface area (Å²) in [6.45, 7) is 20.3. The van der Waals surface area contributed by atoms with E-state index < -0.39 is 0 Å². The number of nitrogens with zero attached hydrogens (tertiary/aromatic N) is 5. The molecule has 2 aromatic heterocycles. The van der Waals surface area contributed by atoms with Gasteiger partial charge < -0.3 is 9.74 Å². The average molecular weight is 452 g/mol. The number of halogens is 1. The number of aromatic nitrogens is 3. The summed E-state index contributed by atoms with van der Waals surface area (Å²) in [5, 5.41) is 1.14. The van der Waals surface area contributed by atoms with Crippen molar-refractivity contribution in [1.82, 2.24) is 14.5 Å². The lowest BCUT2D eigenvalue weighted by Gasteiger charge is -2.19. The molecule has 0 radical (unpaired) electrons. The van der Waals surface area contributed by atoms with Gasteiger partial charge in [-0.1, -0.05) is 15.9 Å². The minimum Gasteiger partial charge on any atom is -0.355 e. The van der Waals surface area contributed by atoms with Gasteiger partial charge in [0.1, 0.15) is 11.6 Å². The van der Waals surface area contributed by atoms with E-state index in [9.17, 15) is 0 Å². The second kappa shape index (κ2) is 7.46. The highest BCUT2D eigenvalue weighted by molar-refractivity contribution is 9.10. The molecule has 3 aromatic rings. The molecule has 1 saturated heterocycles. The third kappa shape index (κ3) is 3.32. The van der Waals surface area contributed by atoms with Crippen LogP contribution in [-0.2, 0) is 0 Å². The van der Waals surface area contributed by atoms with Crippen molar-refractivity contribution in [3.05, 3.63) is 56.2 Å². The normalized spacial score (nSPS) is 16.6. The average Bonchev–Trinajstić information content (AvgIpc) is 3.20. The fourth-order valence-electron chi connectivity index (χ4n) is 4.61. The SMILES string of the molecule is [C-]#[N+]CC1CCN(c2nc(C)nc3c2c(C)c(C)n3-c2c(C)cc(Br)cc2C)C1. The molecule has 1 aliphatic heterocycles. The standard InChI is InChI=1S/C23H26BrN5/c1-13-9-19(24)10-14(2)21(13)29-16(4)15(3)20-22(26-17(5)27-23(20)29)28-8-7-18(12-28)11-25-6/h9-10,18H,7-8,11-12H2,1-5H3. The zero-order valence-corrected chi connectivity index (χ0v) is 19.3. The Morgan fingerprint density at radius 1 is 1.14 bits per heavy atom. The Morgan fingerprint density at radius 2 is 1.83 bits per heavy atom. The first kappa shape index (κ1) is 19.9. The zero-order chi connectivity index (χ0) is 20.9. The van der Waals surface area contributed by atoms with E-state index in [2.05, 4.69) is 70.1 Å². The number of anilines is 1.